The van der Waals surface area contributed by atoms with Crippen LogP contribution in [0.4, 0.5) is 13.2 Å². The summed E-state index contributed by atoms with van der Waals surface area (Å²) >= 11 is 0. The number of carboxylic acid groups (broad SMARTS) is 1. The van der Waals surface area contributed by atoms with E-state index in [4.69, 9.17) is 5.11 Å². The Morgan fingerprint density at radius 2 is 2.00 bits per heavy atom. The van der Waals surface area contributed by atoms with Crippen LogP contribution in [0.25, 0.3) is 0 Å². The standard InChI is InChI=1S/C13H14F3NO4S/c1-8-7-9(4-5-10(8)13(14,15)16)22(20,21)17-6-2-3-11(17)12(18)19/h4-5,7,11H,2-3,6H2,1H3,(H,18,19). The van der Waals surface area contributed by atoms with Gasteiger partial charge in [0.25, 0.3) is 0 Å². The van der Waals surface area contributed by atoms with Crippen molar-refractivity contribution in [2.24, 2.45) is 0 Å². The van der Waals surface area contributed by atoms with E-state index in [2.05, 4.69) is 0 Å². The maximum absolute atomic E-state index is 12.7. The summed E-state index contributed by atoms with van der Waals surface area (Å²) in [5.74, 6) is -1.26. The molecule has 0 saturated carbocycles. The maximum Gasteiger partial charge on any atom is 0.416 e. The number of carbonyl (C=O) groups is 1. The van der Waals surface area contributed by atoms with Gasteiger partial charge in [-0.1, -0.05) is 0 Å². The lowest BCUT2D eigenvalue weighted by atomic mass is 10.1. The molecule has 1 atom stereocenters. The summed E-state index contributed by atoms with van der Waals surface area (Å²) in [5, 5.41) is 9.04. The van der Waals surface area contributed by atoms with Crippen LogP contribution in [0, 0.1) is 6.92 Å². The predicted octanol–water partition coefficient (Wildman–Crippen LogP) is 2.25. The summed E-state index contributed by atoms with van der Waals surface area (Å²) in [4.78, 5) is 10.8. The third-order valence-electron chi connectivity index (χ3n) is 3.60. The van der Waals surface area contributed by atoms with E-state index in [1.54, 1.807) is 0 Å². The third-order valence-corrected chi connectivity index (χ3v) is 5.50. The second-order valence-corrected chi connectivity index (χ2v) is 6.98. The lowest BCUT2D eigenvalue weighted by Gasteiger charge is -2.21. The minimum atomic E-state index is -4.57. The van der Waals surface area contributed by atoms with Gasteiger partial charge in [-0.3, -0.25) is 4.79 Å². The minimum Gasteiger partial charge on any atom is -0.480 e. The number of alkyl halides is 3. The molecule has 0 bridgehead atoms. The second-order valence-electron chi connectivity index (χ2n) is 5.09. The Kier molecular flexibility index (Phi) is 4.22. The van der Waals surface area contributed by atoms with Crippen LogP contribution in [0.3, 0.4) is 0 Å². The summed E-state index contributed by atoms with van der Waals surface area (Å²) in [6.45, 7) is 1.21. The van der Waals surface area contributed by atoms with E-state index in [1.165, 1.54) is 6.92 Å². The SMILES string of the molecule is Cc1cc(S(=O)(=O)N2CCCC2C(=O)O)ccc1C(F)(F)F. The molecule has 1 aliphatic heterocycles. The number of carboxylic acids is 1. The molecule has 5 nitrogen and oxygen atoms in total. The molecule has 0 spiro atoms. The number of rotatable bonds is 3. The van der Waals surface area contributed by atoms with Gasteiger partial charge in [-0.25, -0.2) is 8.42 Å². The first kappa shape index (κ1) is 16.8. The molecule has 0 radical (unpaired) electrons. The summed E-state index contributed by atoms with van der Waals surface area (Å²) in [7, 11) is -4.13. The Bertz CT molecular complexity index is 700. The van der Waals surface area contributed by atoms with Gasteiger partial charge in [0.15, 0.2) is 0 Å². The quantitative estimate of drug-likeness (QED) is 0.918. The summed E-state index contributed by atoms with van der Waals surface area (Å²) in [6.07, 6.45) is -3.98. The zero-order valence-electron chi connectivity index (χ0n) is 11.6. The van der Waals surface area contributed by atoms with Gasteiger partial charge in [-0.2, -0.15) is 17.5 Å². The average Bonchev–Trinajstić information content (AvgIpc) is 2.86. The summed E-state index contributed by atoms with van der Waals surface area (Å²) in [5.41, 5.74) is -1.14. The highest BCUT2D eigenvalue weighted by molar-refractivity contribution is 7.89. The van der Waals surface area contributed by atoms with E-state index >= 15 is 0 Å². The van der Waals surface area contributed by atoms with Crippen molar-refractivity contribution in [1.82, 2.24) is 4.31 Å². The number of aryl methyl sites for hydroxylation is 1. The van der Waals surface area contributed by atoms with Gasteiger partial charge in [0.2, 0.25) is 10.0 Å². The van der Waals surface area contributed by atoms with Crippen molar-refractivity contribution in [1.29, 1.82) is 0 Å². The Hall–Kier alpha value is -1.61. The van der Waals surface area contributed by atoms with Gasteiger partial charge in [0.05, 0.1) is 10.5 Å². The van der Waals surface area contributed by atoms with Crippen molar-refractivity contribution >= 4 is 16.0 Å². The number of hydrogen-bond acceptors (Lipinski definition) is 3. The highest BCUT2D eigenvalue weighted by Gasteiger charge is 2.40. The van der Waals surface area contributed by atoms with E-state index in [-0.39, 0.29) is 23.4 Å². The van der Waals surface area contributed by atoms with Gasteiger partial charge in [-0.05, 0) is 43.5 Å². The molecule has 2 rings (SSSR count). The molecule has 9 heteroatoms. The van der Waals surface area contributed by atoms with Crippen LogP contribution in [0.2, 0.25) is 0 Å². The van der Waals surface area contributed by atoms with E-state index in [1.807, 2.05) is 0 Å². The first-order valence-electron chi connectivity index (χ1n) is 6.47. The largest absolute Gasteiger partial charge is 0.480 e. The zero-order valence-corrected chi connectivity index (χ0v) is 12.4. The first-order valence-corrected chi connectivity index (χ1v) is 7.91. The number of sulfonamides is 1. The van der Waals surface area contributed by atoms with Gasteiger partial charge >= 0.3 is 12.1 Å². The fraction of sp³-hybridized carbons (Fsp3) is 0.462. The van der Waals surface area contributed by atoms with Crippen molar-refractivity contribution in [2.45, 2.75) is 36.9 Å². The molecule has 1 saturated heterocycles. The highest BCUT2D eigenvalue weighted by atomic mass is 32.2. The molecule has 0 aromatic heterocycles. The van der Waals surface area contributed by atoms with Crippen LogP contribution in [0.5, 0.6) is 0 Å². The Morgan fingerprint density at radius 1 is 1.36 bits per heavy atom. The molecule has 1 N–H and O–H groups in total. The lowest BCUT2D eigenvalue weighted by molar-refractivity contribution is -0.140. The number of hydrogen-bond donors (Lipinski definition) is 1. The topological polar surface area (TPSA) is 74.7 Å². The molecule has 1 aliphatic rings. The second kappa shape index (κ2) is 5.54. The smallest absolute Gasteiger partial charge is 0.416 e. The summed E-state index contributed by atoms with van der Waals surface area (Å²) < 4.78 is 63.8. The van der Waals surface area contributed by atoms with Crippen LogP contribution < -0.4 is 0 Å². The van der Waals surface area contributed by atoms with Crippen LogP contribution in [0.1, 0.15) is 24.0 Å². The molecule has 22 heavy (non-hydrogen) atoms. The normalized spacial score (nSPS) is 20.3. The average molecular weight is 337 g/mol. The highest BCUT2D eigenvalue weighted by Crippen LogP contribution is 2.34. The molecular weight excluding hydrogens is 323 g/mol. The predicted molar refractivity (Wildman–Crippen MR) is 70.7 cm³/mol. The monoisotopic (exact) mass is 337 g/mol. The number of benzene rings is 1. The third kappa shape index (κ3) is 2.95. The van der Waals surface area contributed by atoms with Crippen molar-refractivity contribution in [3.05, 3.63) is 29.3 Å². The molecule has 122 valence electrons. The molecular formula is C13H14F3NO4S. The molecule has 1 heterocycles. The van der Waals surface area contributed by atoms with E-state index in [9.17, 15) is 26.4 Å². The molecule has 1 aromatic carbocycles. The molecule has 1 unspecified atom stereocenters. The van der Waals surface area contributed by atoms with Gasteiger partial charge in [0.1, 0.15) is 6.04 Å². The number of nitrogens with zero attached hydrogens (tertiary/aromatic N) is 1. The van der Waals surface area contributed by atoms with E-state index < -0.39 is 33.8 Å². The number of aliphatic carboxylic acids is 1. The van der Waals surface area contributed by atoms with Crippen molar-refractivity contribution < 1.29 is 31.5 Å². The molecule has 0 aliphatic carbocycles. The Labute approximate surface area is 125 Å². The zero-order chi connectivity index (χ0) is 16.7. The Morgan fingerprint density at radius 3 is 2.50 bits per heavy atom. The van der Waals surface area contributed by atoms with Gasteiger partial charge in [0, 0.05) is 6.54 Å². The first-order chi connectivity index (χ1) is 10.0. The minimum absolute atomic E-state index is 0.0410. The number of halogens is 3. The van der Waals surface area contributed by atoms with Gasteiger partial charge < -0.3 is 5.11 Å². The molecule has 1 fully saturated rings. The van der Waals surface area contributed by atoms with Crippen LogP contribution in [0.15, 0.2) is 23.1 Å². The lowest BCUT2D eigenvalue weighted by Crippen LogP contribution is -2.40. The fourth-order valence-electron chi connectivity index (χ4n) is 2.52. The van der Waals surface area contributed by atoms with Crippen molar-refractivity contribution in [2.75, 3.05) is 6.54 Å². The van der Waals surface area contributed by atoms with Crippen molar-refractivity contribution in [3.63, 3.8) is 0 Å². The summed E-state index contributed by atoms with van der Waals surface area (Å²) in [6, 6.07) is 1.32. The van der Waals surface area contributed by atoms with E-state index in [0.29, 0.717) is 12.5 Å². The van der Waals surface area contributed by atoms with Gasteiger partial charge in [-0.15, -0.1) is 0 Å². The van der Waals surface area contributed by atoms with Crippen LogP contribution >= 0.6 is 0 Å². The Balaban J connectivity index is 2.43. The van der Waals surface area contributed by atoms with Crippen molar-refractivity contribution in [3.8, 4) is 0 Å². The molecule has 0 amide bonds. The molecule has 1 aromatic rings. The maximum atomic E-state index is 12.7. The fourth-order valence-corrected chi connectivity index (χ4v) is 4.26. The van der Waals surface area contributed by atoms with Crippen LogP contribution in [-0.4, -0.2) is 36.4 Å². The van der Waals surface area contributed by atoms with E-state index in [0.717, 1.165) is 16.4 Å². The van der Waals surface area contributed by atoms with Crippen LogP contribution in [-0.2, 0) is 21.0 Å².